The number of nitrogens with zero attached hydrogens (tertiary/aromatic N) is 3. The number of aryl methyl sites for hydroxylation is 1. The Hall–Kier alpha value is -3.26. The normalized spacial score (nSPS) is 16.5. The Morgan fingerprint density at radius 3 is 2.78 bits per heavy atom. The zero-order valence-electron chi connectivity index (χ0n) is 20.0. The molecule has 194 valence electrons. The summed E-state index contributed by atoms with van der Waals surface area (Å²) in [6.45, 7) is 1.38. The van der Waals surface area contributed by atoms with Crippen molar-refractivity contribution in [1.29, 1.82) is 0 Å². The van der Waals surface area contributed by atoms with Gasteiger partial charge >= 0.3 is 11.9 Å². The standard InChI is InChI=1S/C26H24ClF3N4O3/c1-33-21-14-22(37-11-9-31)19(27)13-17(21)23(32-24(33)35)34-10-12-36-15-18-16(3-2-4-20(18)34)5-6-25(7-8-25)26(28,29)30/h2-4,13-14H,7-12,15,31H2,1H3. The van der Waals surface area contributed by atoms with Crippen molar-refractivity contribution in [1.82, 2.24) is 9.55 Å². The molecule has 1 aromatic heterocycles. The minimum atomic E-state index is -4.37. The number of ether oxygens (including phenoxy) is 2. The van der Waals surface area contributed by atoms with Gasteiger partial charge in [0, 0.05) is 48.4 Å². The smallest absolute Gasteiger partial charge is 0.405 e. The molecule has 0 bridgehead atoms. The Morgan fingerprint density at radius 1 is 1.30 bits per heavy atom. The third-order valence-corrected chi connectivity index (χ3v) is 6.94. The van der Waals surface area contributed by atoms with Crippen molar-refractivity contribution in [3.63, 3.8) is 0 Å². The second kappa shape index (κ2) is 9.56. The molecule has 1 fully saturated rings. The fourth-order valence-electron chi connectivity index (χ4n) is 4.37. The van der Waals surface area contributed by atoms with Gasteiger partial charge in [-0.3, -0.25) is 4.57 Å². The average Bonchev–Trinajstić information content (AvgIpc) is 3.68. The van der Waals surface area contributed by atoms with Crippen LogP contribution in [0.4, 0.5) is 24.7 Å². The third-order valence-electron chi connectivity index (χ3n) is 6.65. The van der Waals surface area contributed by atoms with E-state index in [2.05, 4.69) is 16.8 Å². The van der Waals surface area contributed by atoms with Gasteiger partial charge in [-0.25, -0.2) is 4.79 Å². The van der Waals surface area contributed by atoms with Crippen LogP contribution in [0.25, 0.3) is 10.9 Å². The number of hydrogen-bond donors (Lipinski definition) is 1. The Labute approximate surface area is 215 Å². The second-order valence-electron chi connectivity index (χ2n) is 9.05. The summed E-state index contributed by atoms with van der Waals surface area (Å²) in [7, 11) is 1.60. The highest BCUT2D eigenvalue weighted by Gasteiger charge is 2.62. The number of rotatable bonds is 4. The maximum absolute atomic E-state index is 13.4. The highest BCUT2D eigenvalue weighted by molar-refractivity contribution is 6.33. The first-order valence-electron chi connectivity index (χ1n) is 11.8. The van der Waals surface area contributed by atoms with Crippen LogP contribution < -0.4 is 21.1 Å². The molecule has 37 heavy (non-hydrogen) atoms. The molecule has 0 unspecified atom stereocenters. The van der Waals surface area contributed by atoms with Gasteiger partial charge in [0.1, 0.15) is 23.6 Å². The second-order valence-corrected chi connectivity index (χ2v) is 9.46. The van der Waals surface area contributed by atoms with E-state index < -0.39 is 17.3 Å². The lowest BCUT2D eigenvalue weighted by Gasteiger charge is -2.25. The molecule has 1 aliphatic heterocycles. The van der Waals surface area contributed by atoms with E-state index in [0.29, 0.717) is 64.0 Å². The van der Waals surface area contributed by atoms with E-state index in [9.17, 15) is 18.0 Å². The van der Waals surface area contributed by atoms with Crippen LogP contribution >= 0.6 is 11.6 Å². The molecule has 0 amide bonds. The molecular weight excluding hydrogens is 509 g/mol. The van der Waals surface area contributed by atoms with Gasteiger partial charge in [-0.2, -0.15) is 18.2 Å². The van der Waals surface area contributed by atoms with Crippen LogP contribution in [0.3, 0.4) is 0 Å². The van der Waals surface area contributed by atoms with Crippen molar-refractivity contribution in [3.8, 4) is 17.6 Å². The van der Waals surface area contributed by atoms with E-state index in [-0.39, 0.29) is 26.1 Å². The van der Waals surface area contributed by atoms with Gasteiger partial charge in [-0.05, 0) is 31.0 Å². The van der Waals surface area contributed by atoms with Gasteiger partial charge in [-0.1, -0.05) is 29.5 Å². The molecule has 2 heterocycles. The van der Waals surface area contributed by atoms with E-state index >= 15 is 0 Å². The molecule has 0 radical (unpaired) electrons. The van der Waals surface area contributed by atoms with Crippen LogP contribution in [0.15, 0.2) is 35.1 Å². The number of alkyl halides is 3. The average molecular weight is 533 g/mol. The van der Waals surface area contributed by atoms with Gasteiger partial charge in [0.05, 0.1) is 23.8 Å². The molecule has 1 saturated carbocycles. The van der Waals surface area contributed by atoms with Gasteiger partial charge in [0.2, 0.25) is 0 Å². The maximum atomic E-state index is 13.4. The van der Waals surface area contributed by atoms with Crippen LogP contribution in [-0.2, 0) is 18.4 Å². The predicted molar refractivity (Wildman–Crippen MR) is 134 cm³/mol. The van der Waals surface area contributed by atoms with Crippen LogP contribution in [0, 0.1) is 17.3 Å². The number of hydrogen-bond acceptors (Lipinski definition) is 6. The zero-order valence-corrected chi connectivity index (χ0v) is 20.7. The summed E-state index contributed by atoms with van der Waals surface area (Å²) in [6, 6.07) is 8.57. The van der Waals surface area contributed by atoms with Crippen molar-refractivity contribution < 1.29 is 22.6 Å². The van der Waals surface area contributed by atoms with Gasteiger partial charge in [0.25, 0.3) is 0 Å². The summed E-state index contributed by atoms with van der Waals surface area (Å²) in [6.07, 6.45) is -4.36. The van der Waals surface area contributed by atoms with Crippen molar-refractivity contribution in [3.05, 3.63) is 57.0 Å². The number of halogens is 4. The molecule has 0 spiro atoms. The summed E-state index contributed by atoms with van der Waals surface area (Å²) in [4.78, 5) is 19.0. The van der Waals surface area contributed by atoms with Crippen molar-refractivity contribution in [2.45, 2.75) is 25.6 Å². The zero-order chi connectivity index (χ0) is 26.4. The largest absolute Gasteiger partial charge is 0.491 e. The molecule has 0 saturated heterocycles. The lowest BCUT2D eigenvalue weighted by atomic mass is 10.0. The van der Waals surface area contributed by atoms with Gasteiger partial charge in [-0.15, -0.1) is 0 Å². The van der Waals surface area contributed by atoms with E-state index in [0.717, 1.165) is 0 Å². The highest BCUT2D eigenvalue weighted by Crippen LogP contribution is 2.57. The fourth-order valence-corrected chi connectivity index (χ4v) is 4.59. The topological polar surface area (TPSA) is 82.6 Å². The predicted octanol–water partition coefficient (Wildman–Crippen LogP) is 4.29. The van der Waals surface area contributed by atoms with Crippen molar-refractivity contribution in [2.24, 2.45) is 18.2 Å². The molecular formula is C26H24ClF3N4O3. The van der Waals surface area contributed by atoms with Crippen molar-refractivity contribution in [2.75, 3.05) is 31.2 Å². The summed E-state index contributed by atoms with van der Waals surface area (Å²) in [5.74, 6) is 5.98. The molecule has 2 aromatic carbocycles. The van der Waals surface area contributed by atoms with Crippen LogP contribution in [0.5, 0.6) is 5.75 Å². The summed E-state index contributed by atoms with van der Waals surface area (Å²) in [5.41, 5.74) is 5.40. The van der Waals surface area contributed by atoms with Crippen LogP contribution in [0.1, 0.15) is 24.0 Å². The fraction of sp³-hybridized carbons (Fsp3) is 0.385. The number of fused-ring (bicyclic) bond motifs is 2. The minimum Gasteiger partial charge on any atom is -0.491 e. The molecule has 7 nitrogen and oxygen atoms in total. The summed E-state index contributed by atoms with van der Waals surface area (Å²) >= 11 is 6.49. The first-order valence-corrected chi connectivity index (χ1v) is 12.1. The Bertz CT molecular complexity index is 1490. The van der Waals surface area contributed by atoms with E-state index in [1.54, 1.807) is 31.3 Å². The molecule has 11 heteroatoms. The molecule has 2 aliphatic rings. The van der Waals surface area contributed by atoms with Crippen LogP contribution in [0.2, 0.25) is 5.02 Å². The molecule has 1 aliphatic carbocycles. The number of aromatic nitrogens is 2. The minimum absolute atomic E-state index is 0.00209. The lowest BCUT2D eigenvalue weighted by molar-refractivity contribution is -0.168. The Morgan fingerprint density at radius 2 is 2.08 bits per heavy atom. The van der Waals surface area contributed by atoms with Gasteiger partial charge < -0.3 is 20.1 Å². The quantitative estimate of drug-likeness (QED) is 0.505. The Balaban J connectivity index is 1.64. The molecule has 2 N–H and O–H groups in total. The third kappa shape index (κ3) is 4.63. The SMILES string of the molecule is Cn1c(=O)nc(N2CCOCc3c(C#CC4(C(F)(F)F)CC4)cccc32)c2cc(Cl)c(OCCN)cc21. The monoisotopic (exact) mass is 532 g/mol. The molecule has 3 aromatic rings. The summed E-state index contributed by atoms with van der Waals surface area (Å²) in [5, 5.41) is 0.931. The van der Waals surface area contributed by atoms with E-state index in [1.807, 2.05) is 11.0 Å². The first-order chi connectivity index (χ1) is 17.6. The molecule has 5 rings (SSSR count). The number of nitrogens with two attached hydrogens (primary N) is 1. The highest BCUT2D eigenvalue weighted by atomic mass is 35.5. The van der Waals surface area contributed by atoms with E-state index in [1.165, 1.54) is 4.57 Å². The summed E-state index contributed by atoms with van der Waals surface area (Å²) < 4.78 is 53.1. The molecule has 0 atom stereocenters. The van der Waals surface area contributed by atoms with Crippen molar-refractivity contribution >= 4 is 34.0 Å². The number of benzene rings is 2. The lowest BCUT2D eigenvalue weighted by Crippen LogP contribution is -2.28. The Kier molecular flexibility index (Phi) is 6.56. The van der Waals surface area contributed by atoms with Crippen LogP contribution in [-0.4, -0.2) is 42.0 Å². The number of anilines is 2. The maximum Gasteiger partial charge on any atom is 0.405 e. The first kappa shape index (κ1) is 25.4. The van der Waals surface area contributed by atoms with E-state index in [4.69, 9.17) is 26.8 Å². The van der Waals surface area contributed by atoms with Gasteiger partial charge in [0.15, 0.2) is 0 Å².